The van der Waals surface area contributed by atoms with Gasteiger partial charge in [-0.2, -0.15) is 0 Å². The van der Waals surface area contributed by atoms with E-state index >= 15 is 0 Å². The molecule has 16 aromatic rings. The van der Waals surface area contributed by atoms with Crippen LogP contribution in [-0.2, 0) is 0 Å². The van der Waals surface area contributed by atoms with E-state index in [2.05, 4.69) is 371 Å². The molecule has 0 aromatic heterocycles. The molecule has 4 nitrogen and oxygen atoms in total. The number of anilines is 12. The Balaban J connectivity index is 0.749. The van der Waals surface area contributed by atoms with Gasteiger partial charge in [0.25, 0.3) is 0 Å². The second-order valence-electron chi connectivity index (χ2n) is 22.6. The van der Waals surface area contributed by atoms with Crippen molar-refractivity contribution in [2.24, 2.45) is 0 Å². The number of rotatable bonds is 13. The molecule has 0 bridgehead atoms. The van der Waals surface area contributed by atoms with E-state index < -0.39 is 0 Å². The molecule has 16 aromatic carbocycles. The number of nitrogens with zero attached hydrogens (tertiary/aromatic N) is 4. The van der Waals surface area contributed by atoms with Crippen LogP contribution in [0.25, 0.3) is 75.8 Å². The lowest BCUT2D eigenvalue weighted by molar-refractivity contribution is 1.26. The van der Waals surface area contributed by atoms with Crippen LogP contribution in [-0.4, -0.2) is 0 Å². The summed E-state index contributed by atoms with van der Waals surface area (Å²) in [6.45, 7) is 0. The monoisotopic (exact) mass is 1120 g/mol. The molecule has 0 aliphatic carbocycles. The highest BCUT2D eigenvalue weighted by atomic mass is 15.2. The summed E-state index contributed by atoms with van der Waals surface area (Å²) in [7, 11) is 0. The minimum Gasteiger partial charge on any atom is -0.310 e. The highest BCUT2D eigenvalue weighted by Gasteiger charge is 2.22. The third kappa shape index (κ3) is 9.75. The summed E-state index contributed by atoms with van der Waals surface area (Å²) in [5.41, 5.74) is 15.3. The average Bonchev–Trinajstić information content (AvgIpc) is 2.15. The number of fused-ring (bicyclic) bond motifs is 6. The second-order valence-corrected chi connectivity index (χ2v) is 22.6. The molecule has 0 N–H and O–H groups in total. The molecular formula is C84H58N4. The Bertz CT molecular complexity index is 4730. The molecule has 0 radical (unpaired) electrons. The van der Waals surface area contributed by atoms with Crippen molar-refractivity contribution >= 4 is 133 Å². The van der Waals surface area contributed by atoms with Crippen LogP contribution in [0.1, 0.15) is 0 Å². The van der Waals surface area contributed by atoms with Crippen LogP contribution in [0.2, 0.25) is 0 Å². The molecule has 414 valence electrons. The fourth-order valence-corrected chi connectivity index (χ4v) is 12.9. The zero-order valence-corrected chi connectivity index (χ0v) is 48.3. The molecule has 4 heteroatoms. The van der Waals surface area contributed by atoms with Crippen molar-refractivity contribution in [1.82, 2.24) is 0 Å². The second kappa shape index (κ2) is 22.4. The van der Waals surface area contributed by atoms with Gasteiger partial charge in [-0.05, 0) is 198 Å². The van der Waals surface area contributed by atoms with Crippen molar-refractivity contribution in [3.8, 4) is 11.1 Å². The predicted molar refractivity (Wildman–Crippen MR) is 376 cm³/mol. The number of hydrogen-bond donors (Lipinski definition) is 0. The fourth-order valence-electron chi connectivity index (χ4n) is 12.9. The first kappa shape index (κ1) is 51.9. The molecule has 0 aliphatic heterocycles. The standard InChI is InChI=1S/C84H58N4/c1-5-21-67-55-77(43-35-59(67)15-1)85(78-44-36-60-16-2-6-22-68(60)56-78)71-47-51-75(52-48-71)87(83-29-13-25-65-19-9-11-27-81(65)83)73-39-31-63(32-40-73)64-33-41-74(42-34-64)88(84-30-14-26-66-20-10-12-28-82(66)84)76-53-49-72(50-54-76)86(79-45-37-61-17-3-7-23-69(61)57-79)80-46-38-62-18-4-8-24-70(62)58-80/h1-58H. The van der Waals surface area contributed by atoms with Gasteiger partial charge in [0.15, 0.2) is 0 Å². The Hall–Kier alpha value is -11.7. The van der Waals surface area contributed by atoms with Crippen LogP contribution in [0.5, 0.6) is 0 Å². The molecule has 0 spiro atoms. The molecule has 0 saturated carbocycles. The van der Waals surface area contributed by atoms with E-state index in [1.54, 1.807) is 0 Å². The lowest BCUT2D eigenvalue weighted by atomic mass is 10.0. The topological polar surface area (TPSA) is 13.0 Å². The first-order valence-electron chi connectivity index (χ1n) is 30.1. The van der Waals surface area contributed by atoms with Gasteiger partial charge in [-0.15, -0.1) is 0 Å². The quantitative estimate of drug-likeness (QED) is 0.114. The van der Waals surface area contributed by atoms with Crippen LogP contribution < -0.4 is 19.6 Å². The van der Waals surface area contributed by atoms with Crippen molar-refractivity contribution in [2.75, 3.05) is 19.6 Å². The molecule has 0 heterocycles. The average molecular weight is 1120 g/mol. The lowest BCUT2D eigenvalue weighted by Crippen LogP contribution is -2.12. The van der Waals surface area contributed by atoms with Crippen molar-refractivity contribution in [3.05, 3.63) is 352 Å². The Morgan fingerprint density at radius 1 is 0.136 bits per heavy atom. The summed E-state index contributed by atoms with van der Waals surface area (Å²) in [5, 5.41) is 14.4. The summed E-state index contributed by atoms with van der Waals surface area (Å²) in [4.78, 5) is 9.53. The molecule has 16 rings (SSSR count). The van der Waals surface area contributed by atoms with E-state index in [-0.39, 0.29) is 0 Å². The van der Waals surface area contributed by atoms with Crippen molar-refractivity contribution in [1.29, 1.82) is 0 Å². The maximum Gasteiger partial charge on any atom is 0.0540 e. The van der Waals surface area contributed by atoms with Gasteiger partial charge in [0, 0.05) is 67.6 Å². The summed E-state index contributed by atoms with van der Waals surface area (Å²) >= 11 is 0. The molecule has 88 heavy (non-hydrogen) atoms. The normalized spacial score (nSPS) is 11.4. The summed E-state index contributed by atoms with van der Waals surface area (Å²) < 4.78 is 0. The minimum atomic E-state index is 1.06. The van der Waals surface area contributed by atoms with Crippen molar-refractivity contribution < 1.29 is 0 Å². The lowest BCUT2D eigenvalue weighted by Gasteiger charge is -2.29. The van der Waals surface area contributed by atoms with Gasteiger partial charge >= 0.3 is 0 Å². The molecule has 0 saturated heterocycles. The van der Waals surface area contributed by atoms with Crippen molar-refractivity contribution in [3.63, 3.8) is 0 Å². The number of hydrogen-bond acceptors (Lipinski definition) is 4. The van der Waals surface area contributed by atoms with Crippen LogP contribution in [0, 0.1) is 0 Å². The van der Waals surface area contributed by atoms with E-state index in [1.807, 2.05) is 0 Å². The van der Waals surface area contributed by atoms with Crippen LogP contribution >= 0.6 is 0 Å². The largest absolute Gasteiger partial charge is 0.310 e. The molecule has 0 atom stereocenters. The van der Waals surface area contributed by atoms with E-state index in [4.69, 9.17) is 0 Å². The molecule has 0 aliphatic rings. The first-order chi connectivity index (χ1) is 43.6. The van der Waals surface area contributed by atoms with Gasteiger partial charge in [0.05, 0.1) is 11.4 Å². The van der Waals surface area contributed by atoms with Gasteiger partial charge in [-0.3, -0.25) is 0 Å². The molecular weight excluding hydrogens is 1060 g/mol. The summed E-state index contributed by atoms with van der Waals surface area (Å²) in [6.07, 6.45) is 0. The third-order valence-corrected chi connectivity index (χ3v) is 17.3. The SMILES string of the molecule is c1ccc2cc(N(c3ccc(N(c4ccc(-c5ccc(N(c6ccc(N(c7ccc8ccccc8c7)c7ccc8ccccc8c7)cc6)c6cccc7ccccc67)cc5)cc4)c4cccc5ccccc45)cc3)c3ccc4ccccc4c3)ccc2c1. The Labute approximate surface area is 512 Å². The van der Waals surface area contributed by atoms with E-state index in [1.165, 1.54) is 64.6 Å². The van der Waals surface area contributed by atoms with Crippen LogP contribution in [0.4, 0.5) is 68.2 Å². The summed E-state index contributed by atoms with van der Waals surface area (Å²) in [6, 6.07) is 128. The third-order valence-electron chi connectivity index (χ3n) is 17.3. The predicted octanol–water partition coefficient (Wildman–Crippen LogP) is 24.2. The van der Waals surface area contributed by atoms with Gasteiger partial charge in [-0.25, -0.2) is 0 Å². The highest BCUT2D eigenvalue weighted by Crippen LogP contribution is 2.46. The first-order valence-corrected chi connectivity index (χ1v) is 30.1. The zero-order valence-electron chi connectivity index (χ0n) is 48.3. The van der Waals surface area contributed by atoms with Gasteiger partial charge in [0.1, 0.15) is 0 Å². The highest BCUT2D eigenvalue weighted by molar-refractivity contribution is 6.02. The maximum absolute atomic E-state index is 2.39. The van der Waals surface area contributed by atoms with Crippen LogP contribution in [0.3, 0.4) is 0 Å². The van der Waals surface area contributed by atoms with Crippen LogP contribution in [0.15, 0.2) is 352 Å². The van der Waals surface area contributed by atoms with E-state index in [9.17, 15) is 0 Å². The van der Waals surface area contributed by atoms with Gasteiger partial charge in [-0.1, -0.05) is 218 Å². The van der Waals surface area contributed by atoms with Crippen molar-refractivity contribution in [2.45, 2.75) is 0 Å². The van der Waals surface area contributed by atoms with E-state index in [0.717, 1.165) is 79.4 Å². The molecule has 0 unspecified atom stereocenters. The zero-order chi connectivity index (χ0) is 58.3. The number of benzene rings is 16. The molecule has 0 fully saturated rings. The minimum absolute atomic E-state index is 1.06. The van der Waals surface area contributed by atoms with E-state index in [0.29, 0.717) is 0 Å². The Morgan fingerprint density at radius 3 is 0.648 bits per heavy atom. The fraction of sp³-hybridized carbons (Fsp3) is 0. The maximum atomic E-state index is 2.39. The summed E-state index contributed by atoms with van der Waals surface area (Å²) in [5.74, 6) is 0. The van der Waals surface area contributed by atoms with Gasteiger partial charge < -0.3 is 19.6 Å². The molecule has 0 amide bonds. The van der Waals surface area contributed by atoms with Gasteiger partial charge in [0.2, 0.25) is 0 Å². The Kier molecular flexibility index (Phi) is 13.2. The smallest absolute Gasteiger partial charge is 0.0540 e. The Morgan fingerprint density at radius 2 is 0.352 bits per heavy atom.